The Labute approximate surface area is 197 Å². The monoisotopic (exact) mass is 544 g/mol. The van der Waals surface area contributed by atoms with E-state index in [9.17, 15) is 18.4 Å². The zero-order valence-electron chi connectivity index (χ0n) is 17.3. The fraction of sp³-hybridized carbons (Fsp3) is 0.500. The highest BCUT2D eigenvalue weighted by atomic mass is 127. The van der Waals surface area contributed by atoms with Crippen molar-refractivity contribution < 1.29 is 18.4 Å². The van der Waals surface area contributed by atoms with Gasteiger partial charge in [-0.25, -0.2) is 8.78 Å². The molecule has 3 aliphatic rings. The van der Waals surface area contributed by atoms with Crippen LogP contribution in [0.25, 0.3) is 0 Å². The van der Waals surface area contributed by atoms with Gasteiger partial charge in [-0.15, -0.1) is 24.0 Å². The highest BCUT2D eigenvalue weighted by Gasteiger charge is 2.58. The molecule has 0 aromatic heterocycles. The first-order chi connectivity index (χ1) is 14.5. The minimum atomic E-state index is -0.853. The van der Waals surface area contributed by atoms with Gasteiger partial charge >= 0.3 is 0 Å². The third-order valence-corrected chi connectivity index (χ3v) is 6.35. The van der Waals surface area contributed by atoms with Gasteiger partial charge < -0.3 is 10.6 Å². The van der Waals surface area contributed by atoms with E-state index in [1.807, 2.05) is 0 Å². The first-order valence-corrected chi connectivity index (χ1v) is 10.4. The number of nitrogens with one attached hydrogen (secondary N) is 2. The second-order valence-electron chi connectivity index (χ2n) is 8.07. The van der Waals surface area contributed by atoms with E-state index >= 15 is 0 Å². The molecule has 6 nitrogen and oxygen atoms in total. The summed E-state index contributed by atoms with van der Waals surface area (Å²) in [6.45, 7) is 1.32. The molecule has 9 heteroatoms. The number of allylic oxidation sites excluding steroid dienone is 2. The summed E-state index contributed by atoms with van der Waals surface area (Å²) in [5.41, 5.74) is 0.304. The average Bonchev–Trinajstić information content (AvgIpc) is 3.42. The number of carbonyl (C=O) groups excluding carboxylic acids is 2. The van der Waals surface area contributed by atoms with E-state index in [1.165, 1.54) is 11.0 Å². The van der Waals surface area contributed by atoms with Gasteiger partial charge in [0.2, 0.25) is 11.8 Å². The number of benzene rings is 1. The van der Waals surface area contributed by atoms with E-state index in [2.05, 4.69) is 27.8 Å². The number of hydrogen-bond acceptors (Lipinski definition) is 3. The third-order valence-electron chi connectivity index (χ3n) is 6.35. The topological polar surface area (TPSA) is 73.8 Å². The first kappa shape index (κ1) is 23.6. The van der Waals surface area contributed by atoms with Crippen molar-refractivity contribution in [3.05, 3.63) is 47.5 Å². The quantitative estimate of drug-likeness (QED) is 0.138. The Morgan fingerprint density at radius 2 is 1.74 bits per heavy atom. The van der Waals surface area contributed by atoms with Crippen molar-refractivity contribution in [3.8, 4) is 0 Å². The van der Waals surface area contributed by atoms with Crippen LogP contribution in [-0.2, 0) is 16.0 Å². The van der Waals surface area contributed by atoms with Crippen LogP contribution in [0.3, 0.4) is 0 Å². The number of guanidine groups is 1. The maximum Gasteiger partial charge on any atom is 0.233 e. The number of likely N-dealkylation sites (tertiary alicyclic amines) is 1. The molecule has 168 valence electrons. The lowest BCUT2D eigenvalue weighted by atomic mass is 9.85. The molecule has 1 heterocycles. The molecule has 4 atom stereocenters. The normalized spacial score (nSPS) is 26.3. The molecule has 1 saturated carbocycles. The fourth-order valence-corrected chi connectivity index (χ4v) is 4.91. The Morgan fingerprint density at radius 3 is 2.39 bits per heavy atom. The standard InChI is InChI=1S/C22H26F2N4O2.HI/c1-25-22(27-10-8-13-4-2-5-16(23)19(13)24)26-9-3-11-28-20(29)17-14-6-7-15(12-14)18(17)21(28)30;/h2,4-7,14-15,17-18H,3,8-12H2,1H3,(H2,25,26,27);1H. The average molecular weight is 544 g/mol. The molecule has 31 heavy (non-hydrogen) atoms. The highest BCUT2D eigenvalue weighted by molar-refractivity contribution is 14.0. The Hall–Kier alpha value is -2.04. The molecule has 1 aromatic rings. The Kier molecular flexibility index (Phi) is 7.66. The van der Waals surface area contributed by atoms with Gasteiger partial charge in [0.15, 0.2) is 17.6 Å². The van der Waals surface area contributed by atoms with Crippen LogP contribution in [0.5, 0.6) is 0 Å². The number of rotatable bonds is 7. The minimum Gasteiger partial charge on any atom is -0.356 e. The second kappa shape index (κ2) is 10.1. The van der Waals surface area contributed by atoms with Crippen molar-refractivity contribution in [2.24, 2.45) is 28.7 Å². The summed E-state index contributed by atoms with van der Waals surface area (Å²) in [4.78, 5) is 30.8. The number of nitrogens with zero attached hydrogens (tertiary/aromatic N) is 2. The summed E-state index contributed by atoms with van der Waals surface area (Å²) in [5.74, 6) is -1.05. The van der Waals surface area contributed by atoms with Gasteiger partial charge in [0, 0.05) is 26.7 Å². The summed E-state index contributed by atoms with van der Waals surface area (Å²) < 4.78 is 26.9. The minimum absolute atomic E-state index is 0. The molecule has 0 radical (unpaired) electrons. The van der Waals surface area contributed by atoms with E-state index < -0.39 is 11.6 Å². The maximum absolute atomic E-state index is 13.7. The molecule has 4 unspecified atom stereocenters. The molecule has 2 N–H and O–H groups in total. The molecule has 1 saturated heterocycles. The number of halogens is 3. The summed E-state index contributed by atoms with van der Waals surface area (Å²) in [7, 11) is 1.62. The predicted octanol–water partition coefficient (Wildman–Crippen LogP) is 2.49. The van der Waals surface area contributed by atoms with E-state index in [1.54, 1.807) is 13.1 Å². The Bertz CT molecular complexity index is 877. The molecule has 2 fully saturated rings. The molecule has 4 rings (SSSR count). The van der Waals surface area contributed by atoms with Crippen LogP contribution in [0.1, 0.15) is 18.4 Å². The van der Waals surface area contributed by atoms with Crippen molar-refractivity contribution in [1.82, 2.24) is 15.5 Å². The Balaban J connectivity index is 0.00000272. The van der Waals surface area contributed by atoms with E-state index in [4.69, 9.17) is 0 Å². The summed E-state index contributed by atoms with van der Waals surface area (Å²) >= 11 is 0. The van der Waals surface area contributed by atoms with Crippen LogP contribution >= 0.6 is 24.0 Å². The number of carbonyl (C=O) groups is 2. The van der Waals surface area contributed by atoms with Crippen LogP contribution in [0.2, 0.25) is 0 Å². The second-order valence-corrected chi connectivity index (χ2v) is 8.07. The SMILES string of the molecule is CN=C(NCCCN1C(=O)C2C3C=CC(C3)C2C1=O)NCCc1cccc(F)c1F.I. The molecule has 2 bridgehead atoms. The molecular formula is C22H27F2IN4O2. The lowest BCUT2D eigenvalue weighted by molar-refractivity contribution is -0.140. The molecular weight excluding hydrogens is 517 g/mol. The van der Waals surface area contributed by atoms with E-state index in [0.717, 1.165) is 12.5 Å². The van der Waals surface area contributed by atoms with E-state index in [0.29, 0.717) is 44.0 Å². The van der Waals surface area contributed by atoms with Gasteiger partial charge in [-0.3, -0.25) is 19.5 Å². The van der Waals surface area contributed by atoms with Crippen LogP contribution < -0.4 is 10.6 Å². The molecule has 1 aromatic carbocycles. The van der Waals surface area contributed by atoms with E-state index in [-0.39, 0.29) is 59.5 Å². The molecule has 2 aliphatic carbocycles. The van der Waals surface area contributed by atoms with Gasteiger partial charge in [0.05, 0.1) is 11.8 Å². The van der Waals surface area contributed by atoms with Crippen molar-refractivity contribution in [2.75, 3.05) is 26.7 Å². The highest BCUT2D eigenvalue weighted by Crippen LogP contribution is 2.52. The summed E-state index contributed by atoms with van der Waals surface area (Å²) in [6.07, 6.45) is 6.05. The number of imide groups is 1. The molecule has 2 amide bonds. The first-order valence-electron chi connectivity index (χ1n) is 10.4. The number of fused-ring (bicyclic) bond motifs is 5. The van der Waals surface area contributed by atoms with Gasteiger partial charge in [0.1, 0.15) is 0 Å². The predicted molar refractivity (Wildman–Crippen MR) is 124 cm³/mol. The fourth-order valence-electron chi connectivity index (χ4n) is 4.91. The lowest BCUT2D eigenvalue weighted by Gasteiger charge is -2.18. The molecule has 0 spiro atoms. The summed E-state index contributed by atoms with van der Waals surface area (Å²) in [6, 6.07) is 4.13. The zero-order chi connectivity index (χ0) is 21.3. The van der Waals surface area contributed by atoms with Gasteiger partial charge in [-0.05, 0) is 42.7 Å². The number of hydrogen-bond donors (Lipinski definition) is 2. The maximum atomic E-state index is 13.7. The van der Waals surface area contributed by atoms with Crippen LogP contribution in [-0.4, -0.2) is 49.4 Å². The smallest absolute Gasteiger partial charge is 0.233 e. The van der Waals surface area contributed by atoms with Crippen molar-refractivity contribution in [3.63, 3.8) is 0 Å². The Morgan fingerprint density at radius 1 is 1.10 bits per heavy atom. The van der Waals surface area contributed by atoms with Crippen molar-refractivity contribution in [1.29, 1.82) is 0 Å². The number of aliphatic imine (C=N–C) groups is 1. The van der Waals surface area contributed by atoms with Crippen LogP contribution in [0.15, 0.2) is 35.3 Å². The van der Waals surface area contributed by atoms with Crippen LogP contribution in [0.4, 0.5) is 8.78 Å². The molecule has 1 aliphatic heterocycles. The zero-order valence-corrected chi connectivity index (χ0v) is 19.6. The van der Waals surface area contributed by atoms with Crippen molar-refractivity contribution >= 4 is 41.8 Å². The lowest BCUT2D eigenvalue weighted by Crippen LogP contribution is -2.40. The number of amides is 2. The largest absolute Gasteiger partial charge is 0.356 e. The van der Waals surface area contributed by atoms with Gasteiger partial charge in [-0.2, -0.15) is 0 Å². The third kappa shape index (κ3) is 4.61. The van der Waals surface area contributed by atoms with Crippen molar-refractivity contribution in [2.45, 2.75) is 19.3 Å². The van der Waals surface area contributed by atoms with Gasteiger partial charge in [0.25, 0.3) is 0 Å². The van der Waals surface area contributed by atoms with Crippen LogP contribution in [0, 0.1) is 35.3 Å². The van der Waals surface area contributed by atoms with Gasteiger partial charge in [-0.1, -0.05) is 24.3 Å². The summed E-state index contributed by atoms with van der Waals surface area (Å²) in [5, 5.41) is 6.18.